The van der Waals surface area contributed by atoms with Gasteiger partial charge in [-0.1, -0.05) is 6.07 Å². The molecule has 1 aromatic heterocycles. The van der Waals surface area contributed by atoms with Crippen molar-refractivity contribution in [3.05, 3.63) is 22.4 Å². The molecule has 0 aromatic carbocycles. The quantitative estimate of drug-likeness (QED) is 0.845. The van der Waals surface area contributed by atoms with Gasteiger partial charge in [0.15, 0.2) is 0 Å². The smallest absolute Gasteiger partial charge is 0.317 e. The molecule has 1 heterocycles. The molecule has 1 aromatic rings. The van der Waals surface area contributed by atoms with Crippen LogP contribution in [-0.4, -0.2) is 35.6 Å². The third-order valence-electron chi connectivity index (χ3n) is 2.47. The molecule has 1 rings (SSSR count). The molecule has 0 fully saturated rings. The maximum Gasteiger partial charge on any atom is 0.317 e. The zero-order valence-corrected chi connectivity index (χ0v) is 10.7. The van der Waals surface area contributed by atoms with Crippen LogP contribution in [0.2, 0.25) is 0 Å². The number of hydrogen-bond donors (Lipinski definition) is 2. The van der Waals surface area contributed by atoms with Crippen LogP contribution in [0.15, 0.2) is 17.5 Å². The van der Waals surface area contributed by atoms with Crippen LogP contribution < -0.4 is 5.32 Å². The fraction of sp³-hybridized carbons (Fsp3) is 0.455. The van der Waals surface area contributed by atoms with Crippen LogP contribution >= 0.6 is 11.3 Å². The lowest BCUT2D eigenvalue weighted by molar-refractivity contribution is -0.136. The number of carboxylic acid groups (broad SMARTS) is 1. The molecule has 1 atom stereocenters. The van der Waals surface area contributed by atoms with Crippen LogP contribution in [0.5, 0.6) is 0 Å². The number of nitrogens with zero attached hydrogens (tertiary/aromatic N) is 1. The molecule has 0 radical (unpaired) electrons. The number of carboxylic acids is 1. The highest BCUT2D eigenvalue weighted by molar-refractivity contribution is 7.10. The lowest BCUT2D eigenvalue weighted by atomic mass is 10.2. The fourth-order valence-corrected chi connectivity index (χ4v) is 2.12. The summed E-state index contributed by atoms with van der Waals surface area (Å²) in [5, 5.41) is 13.0. The number of nitrogens with one attached hydrogen (secondary N) is 1. The van der Waals surface area contributed by atoms with Crippen LogP contribution in [0.3, 0.4) is 0 Å². The van der Waals surface area contributed by atoms with E-state index in [-0.39, 0.29) is 25.0 Å². The first kappa shape index (κ1) is 13.5. The first-order chi connectivity index (χ1) is 8.02. The zero-order chi connectivity index (χ0) is 12.8. The molecule has 5 nitrogen and oxygen atoms in total. The van der Waals surface area contributed by atoms with Crippen LogP contribution in [0, 0.1) is 0 Å². The molecule has 17 heavy (non-hydrogen) atoms. The Morgan fingerprint density at radius 2 is 2.29 bits per heavy atom. The molecule has 0 spiro atoms. The largest absolute Gasteiger partial charge is 0.481 e. The molecule has 94 valence electrons. The molecule has 0 aliphatic heterocycles. The van der Waals surface area contributed by atoms with Gasteiger partial charge in [0.2, 0.25) is 0 Å². The summed E-state index contributed by atoms with van der Waals surface area (Å²) in [5.74, 6) is -0.917. The van der Waals surface area contributed by atoms with Gasteiger partial charge in [0, 0.05) is 18.5 Å². The number of aliphatic carboxylic acids is 1. The molecular weight excluding hydrogens is 240 g/mol. The van der Waals surface area contributed by atoms with Gasteiger partial charge in [-0.25, -0.2) is 4.79 Å². The highest BCUT2D eigenvalue weighted by Gasteiger charge is 2.17. The van der Waals surface area contributed by atoms with Gasteiger partial charge in [-0.2, -0.15) is 0 Å². The van der Waals surface area contributed by atoms with Crippen molar-refractivity contribution in [3.63, 3.8) is 0 Å². The minimum Gasteiger partial charge on any atom is -0.481 e. The van der Waals surface area contributed by atoms with Crippen molar-refractivity contribution in [2.24, 2.45) is 0 Å². The predicted octanol–water partition coefficient (Wildman–Crippen LogP) is 1.93. The Morgan fingerprint density at radius 3 is 2.82 bits per heavy atom. The first-order valence-electron chi connectivity index (χ1n) is 5.28. The highest BCUT2D eigenvalue weighted by Crippen LogP contribution is 2.23. The molecule has 0 saturated heterocycles. The van der Waals surface area contributed by atoms with Gasteiger partial charge >= 0.3 is 12.0 Å². The number of hydrogen-bond acceptors (Lipinski definition) is 3. The summed E-state index contributed by atoms with van der Waals surface area (Å²) in [7, 11) is 1.69. The number of rotatable bonds is 5. The summed E-state index contributed by atoms with van der Waals surface area (Å²) in [6.45, 7) is 2.08. The van der Waals surface area contributed by atoms with Crippen molar-refractivity contribution >= 4 is 23.3 Å². The van der Waals surface area contributed by atoms with Crippen LogP contribution in [-0.2, 0) is 4.79 Å². The first-order valence-corrected chi connectivity index (χ1v) is 6.16. The number of carbonyl (C=O) groups excluding carboxylic acids is 1. The third-order valence-corrected chi connectivity index (χ3v) is 3.51. The van der Waals surface area contributed by atoms with E-state index in [1.54, 1.807) is 23.3 Å². The maximum absolute atomic E-state index is 11.7. The zero-order valence-electron chi connectivity index (χ0n) is 9.84. The molecule has 0 aliphatic carbocycles. The van der Waals surface area contributed by atoms with Crippen LogP contribution in [0.25, 0.3) is 0 Å². The van der Waals surface area contributed by atoms with Crippen molar-refractivity contribution < 1.29 is 14.7 Å². The normalized spacial score (nSPS) is 11.9. The molecule has 1 unspecified atom stereocenters. The van der Waals surface area contributed by atoms with Gasteiger partial charge in [-0.05, 0) is 18.4 Å². The van der Waals surface area contributed by atoms with E-state index in [2.05, 4.69) is 5.32 Å². The monoisotopic (exact) mass is 256 g/mol. The van der Waals surface area contributed by atoms with Crippen molar-refractivity contribution in [2.45, 2.75) is 19.4 Å². The Balaban J connectivity index is 2.43. The molecule has 2 amide bonds. The third kappa shape index (κ3) is 4.07. The molecule has 2 N–H and O–H groups in total. The van der Waals surface area contributed by atoms with E-state index >= 15 is 0 Å². The lowest BCUT2D eigenvalue weighted by Gasteiger charge is -2.24. The highest BCUT2D eigenvalue weighted by atomic mass is 32.1. The van der Waals surface area contributed by atoms with Crippen molar-refractivity contribution in [1.82, 2.24) is 10.2 Å². The second kappa shape index (κ2) is 6.24. The maximum atomic E-state index is 11.7. The SMILES string of the molecule is CC(c1cccs1)N(C)C(=O)NCCC(=O)O. The topological polar surface area (TPSA) is 69.6 Å². The summed E-state index contributed by atoms with van der Waals surface area (Å²) in [4.78, 5) is 24.7. The summed E-state index contributed by atoms with van der Waals surface area (Å²) in [6, 6.07) is 3.63. The van der Waals surface area contributed by atoms with E-state index in [1.165, 1.54) is 0 Å². The Hall–Kier alpha value is -1.56. The Bertz CT molecular complexity index is 378. The Labute approximate surface area is 104 Å². The predicted molar refractivity (Wildman–Crippen MR) is 66.1 cm³/mol. The number of urea groups is 1. The number of amides is 2. The molecular formula is C11H16N2O3S. The number of thiophene rings is 1. The molecule has 0 saturated carbocycles. The van der Waals surface area contributed by atoms with E-state index in [0.717, 1.165) is 4.88 Å². The Kier molecular flexibility index (Phi) is 4.96. The second-order valence-electron chi connectivity index (χ2n) is 3.68. The van der Waals surface area contributed by atoms with Gasteiger partial charge in [-0.3, -0.25) is 4.79 Å². The second-order valence-corrected chi connectivity index (χ2v) is 4.66. The van der Waals surface area contributed by atoms with E-state index < -0.39 is 5.97 Å². The van der Waals surface area contributed by atoms with E-state index in [0.29, 0.717) is 0 Å². The lowest BCUT2D eigenvalue weighted by Crippen LogP contribution is -2.39. The van der Waals surface area contributed by atoms with Gasteiger partial charge in [-0.15, -0.1) is 11.3 Å². The van der Waals surface area contributed by atoms with E-state index in [9.17, 15) is 9.59 Å². The van der Waals surface area contributed by atoms with E-state index in [4.69, 9.17) is 5.11 Å². The van der Waals surface area contributed by atoms with Crippen molar-refractivity contribution in [2.75, 3.05) is 13.6 Å². The molecule has 6 heteroatoms. The summed E-state index contributed by atoms with van der Waals surface area (Å²) < 4.78 is 0. The number of carbonyl (C=O) groups is 2. The minimum atomic E-state index is -0.917. The summed E-state index contributed by atoms with van der Waals surface area (Å²) >= 11 is 1.59. The summed E-state index contributed by atoms with van der Waals surface area (Å²) in [6.07, 6.45) is -0.0625. The Morgan fingerprint density at radius 1 is 1.59 bits per heavy atom. The van der Waals surface area contributed by atoms with Crippen LogP contribution in [0.1, 0.15) is 24.3 Å². The van der Waals surface area contributed by atoms with Gasteiger partial charge in [0.05, 0.1) is 12.5 Å². The average molecular weight is 256 g/mol. The minimum absolute atomic E-state index is 0.0140. The summed E-state index contributed by atoms with van der Waals surface area (Å²) in [5.41, 5.74) is 0. The van der Waals surface area contributed by atoms with Crippen molar-refractivity contribution in [3.8, 4) is 0 Å². The fourth-order valence-electron chi connectivity index (χ4n) is 1.30. The van der Waals surface area contributed by atoms with E-state index in [1.807, 2.05) is 24.4 Å². The van der Waals surface area contributed by atoms with Gasteiger partial charge in [0.1, 0.15) is 0 Å². The van der Waals surface area contributed by atoms with Crippen LogP contribution in [0.4, 0.5) is 4.79 Å². The average Bonchev–Trinajstić information content (AvgIpc) is 2.79. The standard InChI is InChI=1S/C11H16N2O3S/c1-8(9-4-3-7-17-9)13(2)11(16)12-6-5-10(14)15/h3-4,7-8H,5-6H2,1-2H3,(H,12,16)(H,14,15). The molecule has 0 bridgehead atoms. The molecule has 0 aliphatic rings. The van der Waals surface area contributed by atoms with Gasteiger partial charge in [0.25, 0.3) is 0 Å². The van der Waals surface area contributed by atoms with Gasteiger partial charge < -0.3 is 15.3 Å². The van der Waals surface area contributed by atoms with Crippen molar-refractivity contribution in [1.29, 1.82) is 0 Å².